The number of amidine groups is 1. The molecule has 1 aliphatic heterocycles. The van der Waals surface area contributed by atoms with Crippen LogP contribution in [0.3, 0.4) is 0 Å². The maximum Gasteiger partial charge on any atom is 0.264 e. The molecule has 1 fully saturated rings. The molecule has 11 heteroatoms. The molecule has 3 aromatic carbocycles. The van der Waals surface area contributed by atoms with E-state index in [0.29, 0.717) is 49.4 Å². The first-order valence-corrected chi connectivity index (χ1v) is 13.4. The molecule has 0 unspecified atom stereocenters. The molecular formula is C27H22Cl3N3O4S. The Morgan fingerprint density at radius 1 is 1.05 bits per heavy atom. The number of hydrogen-bond acceptors (Lipinski definition) is 6. The van der Waals surface area contributed by atoms with E-state index in [-0.39, 0.29) is 29.2 Å². The van der Waals surface area contributed by atoms with Crippen LogP contribution >= 0.6 is 46.6 Å². The molecule has 0 atom stereocenters. The van der Waals surface area contributed by atoms with Gasteiger partial charge in [-0.1, -0.05) is 40.9 Å². The van der Waals surface area contributed by atoms with Crippen molar-refractivity contribution in [2.24, 2.45) is 4.99 Å². The number of rotatable bonds is 8. The summed E-state index contributed by atoms with van der Waals surface area (Å²) in [6, 6.07) is 15.5. The Labute approximate surface area is 239 Å². The summed E-state index contributed by atoms with van der Waals surface area (Å²) in [7, 11) is 0. The van der Waals surface area contributed by atoms with Crippen LogP contribution in [0, 0.1) is 6.92 Å². The number of aryl methyl sites for hydroxylation is 1. The van der Waals surface area contributed by atoms with Gasteiger partial charge in [0.1, 0.15) is 0 Å². The third kappa shape index (κ3) is 7.23. The summed E-state index contributed by atoms with van der Waals surface area (Å²) in [5, 5.41) is 7.30. The summed E-state index contributed by atoms with van der Waals surface area (Å²) in [5.41, 5.74) is 2.74. The van der Waals surface area contributed by atoms with Crippen molar-refractivity contribution in [2.75, 3.05) is 18.5 Å². The number of benzene rings is 3. The van der Waals surface area contributed by atoms with E-state index in [0.717, 1.165) is 5.56 Å². The van der Waals surface area contributed by atoms with Crippen molar-refractivity contribution < 1.29 is 19.1 Å². The Morgan fingerprint density at radius 2 is 1.82 bits per heavy atom. The summed E-state index contributed by atoms with van der Waals surface area (Å²) in [5.74, 6) is -0.107. The van der Waals surface area contributed by atoms with Gasteiger partial charge in [-0.2, -0.15) is 0 Å². The second kappa shape index (κ2) is 12.6. The summed E-state index contributed by atoms with van der Waals surface area (Å²) in [6.07, 6.45) is 1.68. The number of nitrogens with one attached hydrogen (secondary N) is 2. The molecule has 2 amide bonds. The standard InChI is InChI=1S/C27H22Cl3N3O4S/c1-3-36-22-11-16(12-23-26(35)33-27(38-23)32-18-8-5-17(28)6-9-18)10-21(30)25(22)37-14-24(34)31-19-7-4-15(2)20(29)13-19/h4-13H,3,14H2,1-2H3,(H,31,34)(H,32,33,35)/b23-12-. The maximum absolute atomic E-state index is 12.5. The molecule has 2 N–H and O–H groups in total. The van der Waals surface area contributed by atoms with Crippen LogP contribution < -0.4 is 20.1 Å². The molecule has 0 radical (unpaired) electrons. The minimum atomic E-state index is -0.388. The summed E-state index contributed by atoms with van der Waals surface area (Å²) >= 11 is 19.7. The van der Waals surface area contributed by atoms with Crippen molar-refractivity contribution in [2.45, 2.75) is 13.8 Å². The molecule has 3 aromatic rings. The lowest BCUT2D eigenvalue weighted by atomic mass is 10.2. The SMILES string of the molecule is CCOc1cc(/C=C2\SC(=Nc3ccc(Cl)cc3)NC2=O)cc(Cl)c1OCC(=O)Nc1ccc(C)c(Cl)c1. The highest BCUT2D eigenvalue weighted by molar-refractivity contribution is 8.18. The van der Waals surface area contributed by atoms with E-state index in [9.17, 15) is 9.59 Å². The molecule has 1 heterocycles. The first-order chi connectivity index (χ1) is 18.2. The van der Waals surface area contributed by atoms with Crippen LogP contribution in [-0.2, 0) is 9.59 Å². The molecular weight excluding hydrogens is 569 g/mol. The molecule has 0 saturated carbocycles. The molecule has 1 aliphatic rings. The first-order valence-electron chi connectivity index (χ1n) is 11.4. The zero-order chi connectivity index (χ0) is 27.2. The van der Waals surface area contributed by atoms with Crippen LogP contribution in [0.4, 0.5) is 11.4 Å². The van der Waals surface area contributed by atoms with Crippen molar-refractivity contribution in [3.05, 3.63) is 85.7 Å². The fraction of sp³-hybridized carbons (Fsp3) is 0.148. The number of carbonyl (C=O) groups is 2. The number of carbonyl (C=O) groups excluding carboxylic acids is 2. The predicted octanol–water partition coefficient (Wildman–Crippen LogP) is 7.26. The minimum Gasteiger partial charge on any atom is -0.490 e. The van der Waals surface area contributed by atoms with Gasteiger partial charge in [0, 0.05) is 15.7 Å². The van der Waals surface area contributed by atoms with Crippen LogP contribution in [0.15, 0.2) is 64.5 Å². The lowest BCUT2D eigenvalue weighted by Gasteiger charge is -2.15. The molecule has 0 spiro atoms. The van der Waals surface area contributed by atoms with Crippen LogP contribution in [0.25, 0.3) is 6.08 Å². The quantitative estimate of drug-likeness (QED) is 0.270. The number of amides is 2. The fourth-order valence-corrected chi connectivity index (χ4v) is 4.77. The van der Waals surface area contributed by atoms with Crippen LogP contribution in [0.1, 0.15) is 18.1 Å². The Bertz CT molecular complexity index is 1440. The van der Waals surface area contributed by atoms with Crippen molar-refractivity contribution in [3.8, 4) is 11.5 Å². The molecule has 196 valence electrons. The van der Waals surface area contributed by atoms with Gasteiger partial charge >= 0.3 is 0 Å². The average molecular weight is 591 g/mol. The second-order valence-corrected chi connectivity index (χ2v) is 10.3. The number of aliphatic imine (C=N–C) groups is 1. The normalized spacial score (nSPS) is 15.0. The third-order valence-electron chi connectivity index (χ3n) is 5.14. The van der Waals surface area contributed by atoms with Gasteiger partial charge in [0.2, 0.25) is 0 Å². The summed E-state index contributed by atoms with van der Waals surface area (Å²) in [4.78, 5) is 29.8. The number of thioether (sulfide) groups is 1. The Balaban J connectivity index is 1.48. The van der Waals surface area contributed by atoms with E-state index in [4.69, 9.17) is 44.3 Å². The summed E-state index contributed by atoms with van der Waals surface area (Å²) in [6.45, 7) is 3.73. The van der Waals surface area contributed by atoms with E-state index < -0.39 is 0 Å². The number of anilines is 1. The molecule has 4 rings (SSSR count). The lowest BCUT2D eigenvalue weighted by Crippen LogP contribution is -2.20. The van der Waals surface area contributed by atoms with Crippen molar-refractivity contribution in [3.63, 3.8) is 0 Å². The highest BCUT2D eigenvalue weighted by atomic mass is 35.5. The number of nitrogens with zero attached hydrogens (tertiary/aromatic N) is 1. The summed E-state index contributed by atoms with van der Waals surface area (Å²) < 4.78 is 11.4. The Hall–Kier alpha value is -3.17. The Kier molecular flexibility index (Phi) is 9.22. The minimum absolute atomic E-state index is 0.223. The topological polar surface area (TPSA) is 89.0 Å². The van der Waals surface area contributed by atoms with Crippen molar-refractivity contribution in [1.29, 1.82) is 0 Å². The number of halogens is 3. The van der Waals surface area contributed by atoms with E-state index in [1.807, 2.05) is 19.9 Å². The smallest absolute Gasteiger partial charge is 0.264 e. The lowest BCUT2D eigenvalue weighted by molar-refractivity contribution is -0.118. The van der Waals surface area contributed by atoms with Gasteiger partial charge < -0.3 is 20.1 Å². The van der Waals surface area contributed by atoms with Crippen LogP contribution in [-0.4, -0.2) is 30.2 Å². The van der Waals surface area contributed by atoms with E-state index in [2.05, 4.69) is 15.6 Å². The fourth-order valence-electron chi connectivity index (χ4n) is 3.34. The van der Waals surface area contributed by atoms with Crippen molar-refractivity contribution >= 4 is 81.0 Å². The highest BCUT2D eigenvalue weighted by Gasteiger charge is 2.24. The molecule has 0 aliphatic carbocycles. The molecule has 38 heavy (non-hydrogen) atoms. The van der Waals surface area contributed by atoms with Gasteiger partial charge in [-0.05, 0) is 91.3 Å². The zero-order valence-electron chi connectivity index (χ0n) is 20.3. The molecule has 7 nitrogen and oxygen atoms in total. The average Bonchev–Trinajstić information content (AvgIpc) is 3.20. The molecule has 0 bridgehead atoms. The molecule has 0 aromatic heterocycles. The van der Waals surface area contributed by atoms with Gasteiger partial charge in [-0.3, -0.25) is 9.59 Å². The zero-order valence-corrected chi connectivity index (χ0v) is 23.4. The van der Waals surface area contributed by atoms with Gasteiger partial charge in [0.15, 0.2) is 23.3 Å². The van der Waals surface area contributed by atoms with Gasteiger partial charge in [0.05, 0.1) is 22.2 Å². The van der Waals surface area contributed by atoms with E-state index in [1.54, 1.807) is 54.6 Å². The largest absolute Gasteiger partial charge is 0.490 e. The monoisotopic (exact) mass is 589 g/mol. The van der Waals surface area contributed by atoms with Crippen LogP contribution in [0.2, 0.25) is 15.1 Å². The predicted molar refractivity (Wildman–Crippen MR) is 155 cm³/mol. The Morgan fingerprint density at radius 3 is 2.53 bits per heavy atom. The number of ether oxygens (including phenoxy) is 2. The number of hydrogen-bond donors (Lipinski definition) is 2. The van der Waals surface area contributed by atoms with Gasteiger partial charge in [-0.15, -0.1) is 0 Å². The van der Waals surface area contributed by atoms with Gasteiger partial charge in [0.25, 0.3) is 11.8 Å². The van der Waals surface area contributed by atoms with Crippen molar-refractivity contribution in [1.82, 2.24) is 5.32 Å². The third-order valence-corrected chi connectivity index (χ3v) is 6.99. The molecule has 1 saturated heterocycles. The first kappa shape index (κ1) is 27.9. The van der Waals surface area contributed by atoms with E-state index >= 15 is 0 Å². The highest BCUT2D eigenvalue weighted by Crippen LogP contribution is 2.38. The van der Waals surface area contributed by atoms with Gasteiger partial charge in [-0.25, -0.2) is 4.99 Å². The second-order valence-electron chi connectivity index (χ2n) is 8.02. The maximum atomic E-state index is 12.5. The van der Waals surface area contributed by atoms with Crippen LogP contribution in [0.5, 0.6) is 11.5 Å². The van der Waals surface area contributed by atoms with E-state index in [1.165, 1.54) is 11.8 Å².